The van der Waals surface area contributed by atoms with E-state index in [1.54, 1.807) is 20.8 Å². The average molecular weight is 1620 g/mol. The average Bonchev–Trinajstić information content (AvgIpc) is 1.62. The van der Waals surface area contributed by atoms with Gasteiger partial charge in [0.15, 0.2) is 29.9 Å². The molecule has 6 atom stereocenters. The molecular weight excluding hydrogens is 1550 g/mol. The number of amides is 12. The number of likely N-dealkylation sites (N-methyl/N-ethyl adjacent to an activating group) is 3. The SMILES string of the molecule is C[C@@H]1Cc2nn3c(c2CN1C(=O)Nc1cc(Cl)c(F)cc1F)C(=O)N(C)O[C@H](C(=O)N(C)CC(F)F)C3.C[C@@H]1Cc2nn3c(c2CN1C(=O)Nc1ccc(F)c(C#N)c1F)C(=O)N(C)O[C@@H](C(=O)N(C)CC(F)F)C3.C[C@@H]1Cc2nn3c(c2CN1C(=O)Nc1ccc(F)c(C#N)c1F)C(=O)N(C)O[C@H](C(=O)N(C)CC(F)F)C3. The van der Waals surface area contributed by atoms with Gasteiger partial charge >= 0.3 is 18.1 Å². The number of halogens is 13. The van der Waals surface area contributed by atoms with Crippen molar-refractivity contribution in [3.05, 3.63) is 138 Å². The Bertz CT molecular complexity index is 4680. The van der Waals surface area contributed by atoms with Gasteiger partial charge in [0.05, 0.1) is 98.1 Å². The lowest BCUT2D eigenvalue weighted by Crippen LogP contribution is -2.45. The molecule has 45 heteroatoms. The number of hydroxylamine groups is 6. The van der Waals surface area contributed by atoms with E-state index in [1.165, 1.54) is 83.2 Å². The zero-order valence-corrected chi connectivity index (χ0v) is 61.8. The first-order chi connectivity index (χ1) is 53.2. The number of aromatic nitrogens is 6. The highest BCUT2D eigenvalue weighted by Crippen LogP contribution is 2.35. The Morgan fingerprint density at radius 3 is 1.06 bits per heavy atom. The van der Waals surface area contributed by atoms with E-state index < -0.39 is 186 Å². The van der Waals surface area contributed by atoms with Crippen molar-refractivity contribution < 1.29 is 110 Å². The second-order valence-electron chi connectivity index (χ2n) is 26.8. The molecule has 12 rings (SSSR count). The van der Waals surface area contributed by atoms with E-state index in [0.29, 0.717) is 39.8 Å². The molecule has 12 amide bonds. The molecule has 0 bridgehead atoms. The van der Waals surface area contributed by atoms with Crippen molar-refractivity contribution in [2.24, 2.45) is 0 Å². The van der Waals surface area contributed by atoms with E-state index in [4.69, 9.17) is 36.6 Å². The summed E-state index contributed by atoms with van der Waals surface area (Å²) in [5, 5.41) is 40.4. The summed E-state index contributed by atoms with van der Waals surface area (Å²) in [6.45, 7) is 1.70. The number of carbonyl (C=O) groups excluding carboxylic acids is 9. The fourth-order valence-corrected chi connectivity index (χ4v) is 13.3. The zero-order chi connectivity index (χ0) is 83.0. The van der Waals surface area contributed by atoms with Crippen molar-refractivity contribution in [2.75, 3.05) is 77.9 Å². The van der Waals surface area contributed by atoms with Crippen LogP contribution >= 0.6 is 11.6 Å². The quantitative estimate of drug-likeness (QED) is 0.0809. The van der Waals surface area contributed by atoms with Gasteiger partial charge in [-0.05, 0) is 51.1 Å². The molecular formula is C68H69ClF12N20O12. The standard InChI is InChI=1S/2C23H23F4N7O4.C22H23ClF4N6O4/c2*1-11-6-16-13(8-33(11)23(37)29-15-5-4-14(24)12(7-28)19(15)27)20-22(36)32(3)38-17(9-34(20)30-16)21(35)31(2)10-18(25)26;1-10-4-15-11(7-32(10)22(36)28-16-5-12(23)13(24)6-14(16)25)19-21(35)31(3)37-17(8-33(19)29-15)20(34)30(2)9-18(26)27/h2*4-5,11,17-18H,6,8-10H2,1-3H3,(H,29,37);5-6,10,17-18H,4,7-9H2,1-3H3,(H,28,36)/t11-,17+;11-,17-;10-,17+/m111/s1. The maximum Gasteiger partial charge on any atom is 0.322 e. The number of nitrogens with zero attached hydrogens (tertiary/aromatic N) is 17. The number of nitriles is 2. The van der Waals surface area contributed by atoms with E-state index in [1.807, 2.05) is 0 Å². The summed E-state index contributed by atoms with van der Waals surface area (Å²) in [5.74, 6) is -10.8. The molecule has 0 saturated heterocycles. The fourth-order valence-electron chi connectivity index (χ4n) is 13.1. The Labute approximate surface area is 638 Å². The molecule has 9 heterocycles. The van der Waals surface area contributed by atoms with Gasteiger partial charge in [-0.3, -0.25) is 57.3 Å². The highest BCUT2D eigenvalue weighted by Gasteiger charge is 2.45. The van der Waals surface area contributed by atoms with Crippen LogP contribution < -0.4 is 16.0 Å². The number of alkyl halides is 6. The minimum atomic E-state index is -2.75. The maximum absolute atomic E-state index is 14.5. The van der Waals surface area contributed by atoms with E-state index in [9.17, 15) is 95.8 Å². The second kappa shape index (κ2) is 34.1. The topological polar surface area (TPSA) is 348 Å². The number of benzene rings is 3. The predicted octanol–water partition coefficient (Wildman–Crippen LogP) is 7.14. The first-order valence-corrected chi connectivity index (χ1v) is 34.4. The summed E-state index contributed by atoms with van der Waals surface area (Å²) in [7, 11) is 7.41. The number of carbonyl (C=O) groups is 9. The van der Waals surface area contributed by atoms with Gasteiger partial charge in [-0.15, -0.1) is 0 Å². The lowest BCUT2D eigenvalue weighted by atomic mass is 9.99. The van der Waals surface area contributed by atoms with Gasteiger partial charge in [0.1, 0.15) is 63.6 Å². The number of rotatable bonds is 12. The Hall–Kier alpha value is -11.8. The van der Waals surface area contributed by atoms with Crippen molar-refractivity contribution in [2.45, 2.75) is 135 Å². The molecule has 3 N–H and O–H groups in total. The molecule has 3 aromatic heterocycles. The van der Waals surface area contributed by atoms with Gasteiger partial charge in [0.2, 0.25) is 0 Å². The van der Waals surface area contributed by atoms with Crippen LogP contribution in [0.25, 0.3) is 0 Å². The Kier molecular flexibility index (Phi) is 25.2. The minimum Gasteiger partial charge on any atom is -0.338 e. The van der Waals surface area contributed by atoms with Crippen molar-refractivity contribution in [1.82, 2.24) is 73.9 Å². The monoisotopic (exact) mass is 1620 g/mol. The van der Waals surface area contributed by atoms with Crippen LogP contribution in [0.15, 0.2) is 36.4 Å². The summed E-state index contributed by atoms with van der Waals surface area (Å²) >= 11 is 5.70. The second-order valence-corrected chi connectivity index (χ2v) is 27.2. The van der Waals surface area contributed by atoms with Crippen LogP contribution in [0.3, 0.4) is 0 Å². The molecule has 0 spiro atoms. The van der Waals surface area contributed by atoms with Crippen LogP contribution in [0.2, 0.25) is 5.02 Å². The van der Waals surface area contributed by atoms with Gasteiger partial charge < -0.3 is 45.3 Å². The van der Waals surface area contributed by atoms with Gasteiger partial charge in [-0.25, -0.2) is 82.3 Å². The number of hydrogen-bond acceptors (Lipinski definition) is 17. The third-order valence-electron chi connectivity index (χ3n) is 18.9. The van der Waals surface area contributed by atoms with Crippen LogP contribution in [0.4, 0.5) is 84.1 Å². The third kappa shape index (κ3) is 17.6. The van der Waals surface area contributed by atoms with Crippen LogP contribution in [0, 0.1) is 57.6 Å². The molecule has 0 fully saturated rings. The highest BCUT2D eigenvalue weighted by molar-refractivity contribution is 6.31. The predicted molar refractivity (Wildman–Crippen MR) is 365 cm³/mol. The Morgan fingerprint density at radius 1 is 0.487 bits per heavy atom. The first-order valence-electron chi connectivity index (χ1n) is 34.0. The van der Waals surface area contributed by atoms with Gasteiger partial charge in [0.25, 0.3) is 54.7 Å². The maximum atomic E-state index is 14.5. The van der Waals surface area contributed by atoms with E-state index >= 15 is 0 Å². The number of hydrogen-bond donors (Lipinski definition) is 3. The molecule has 604 valence electrons. The smallest absolute Gasteiger partial charge is 0.322 e. The fraction of sp³-hybridized carbons (Fsp3) is 0.441. The zero-order valence-electron chi connectivity index (χ0n) is 61.1. The van der Waals surface area contributed by atoms with Gasteiger partial charge in [0, 0.05) is 102 Å². The molecule has 0 aliphatic carbocycles. The molecule has 6 aromatic rings. The molecule has 0 saturated carbocycles. The minimum absolute atomic E-state index is 0.0544. The van der Waals surface area contributed by atoms with E-state index in [2.05, 4.69) is 31.2 Å². The first kappa shape index (κ1) is 83.7. The van der Waals surface area contributed by atoms with Gasteiger partial charge in [-0.1, -0.05) is 11.6 Å². The van der Waals surface area contributed by atoms with Gasteiger partial charge in [-0.2, -0.15) is 25.8 Å². The number of anilines is 3. The molecule has 0 radical (unpaired) electrons. The molecule has 113 heavy (non-hydrogen) atoms. The molecule has 32 nitrogen and oxygen atoms in total. The van der Waals surface area contributed by atoms with E-state index in [-0.39, 0.29) is 86.3 Å². The summed E-state index contributed by atoms with van der Waals surface area (Å²) in [5.41, 5.74) is 0.0694. The molecule has 6 aliphatic rings. The third-order valence-corrected chi connectivity index (χ3v) is 19.2. The van der Waals surface area contributed by atoms with Crippen molar-refractivity contribution in [3.8, 4) is 12.1 Å². The lowest BCUT2D eigenvalue weighted by Gasteiger charge is -2.33. The van der Waals surface area contributed by atoms with Crippen LogP contribution in [-0.4, -0.2) is 245 Å². The van der Waals surface area contributed by atoms with E-state index in [0.717, 1.165) is 60.2 Å². The van der Waals surface area contributed by atoms with Crippen molar-refractivity contribution in [3.63, 3.8) is 0 Å². The summed E-state index contributed by atoms with van der Waals surface area (Å²) < 4.78 is 164. The number of urea groups is 3. The summed E-state index contributed by atoms with van der Waals surface area (Å²) in [6.07, 6.45) is -11.5. The Morgan fingerprint density at radius 2 is 0.779 bits per heavy atom. The lowest BCUT2D eigenvalue weighted by molar-refractivity contribution is -0.177. The molecule has 0 unspecified atom stereocenters. The van der Waals surface area contributed by atoms with Crippen molar-refractivity contribution >= 4 is 82.2 Å². The number of nitrogens with one attached hydrogen (secondary N) is 3. The van der Waals surface area contributed by atoms with Crippen LogP contribution in [0.1, 0.15) is 97.1 Å². The summed E-state index contributed by atoms with van der Waals surface area (Å²) in [6, 6.07) is 4.45. The highest BCUT2D eigenvalue weighted by atomic mass is 35.5. The van der Waals surface area contributed by atoms with Crippen molar-refractivity contribution in [1.29, 1.82) is 10.5 Å². The molecule has 3 aromatic carbocycles. The number of fused-ring (bicyclic) bond motifs is 9. The largest absolute Gasteiger partial charge is 0.338 e. The van der Waals surface area contributed by atoms with Crippen LogP contribution in [-0.2, 0) is 87.4 Å². The van der Waals surface area contributed by atoms with Crippen LogP contribution in [0.5, 0.6) is 0 Å². The summed E-state index contributed by atoms with van der Waals surface area (Å²) in [4.78, 5) is 139. The Balaban J connectivity index is 0.000000180. The normalized spacial score (nSPS) is 19.1. The molecule has 6 aliphatic heterocycles.